The first-order valence-corrected chi connectivity index (χ1v) is 10.5. The first-order valence-electron chi connectivity index (χ1n) is 10.1. The third-order valence-corrected chi connectivity index (χ3v) is 5.83. The lowest BCUT2D eigenvalue weighted by molar-refractivity contribution is 0.0955. The fourth-order valence-electron chi connectivity index (χ4n) is 3.96. The van der Waals surface area contributed by atoms with Crippen LogP contribution in [-0.4, -0.2) is 12.1 Å². The van der Waals surface area contributed by atoms with Crippen molar-refractivity contribution in [2.24, 2.45) is 5.10 Å². The molecule has 0 saturated carbocycles. The Morgan fingerprint density at radius 3 is 2.55 bits per heavy atom. The van der Waals surface area contributed by atoms with Crippen LogP contribution in [0.1, 0.15) is 27.0 Å². The van der Waals surface area contributed by atoms with Gasteiger partial charge in [0.05, 0.1) is 6.21 Å². The molecule has 0 aromatic heterocycles. The largest absolute Gasteiger partial charge is 0.363 e. The van der Waals surface area contributed by atoms with Crippen molar-refractivity contribution in [2.75, 3.05) is 4.90 Å². The Hall–Kier alpha value is -3.63. The summed E-state index contributed by atoms with van der Waals surface area (Å²) in [6.45, 7) is 1.58. The van der Waals surface area contributed by atoms with Crippen LogP contribution in [-0.2, 0) is 13.1 Å². The quantitative estimate of drug-likeness (QED) is 0.333. The molecule has 1 amide bonds. The van der Waals surface area contributed by atoms with Crippen LogP contribution in [0.25, 0.3) is 10.8 Å². The molecule has 5 heteroatoms. The standard InChI is InChI=1S/C26H20ClN3O/c27-23-10-12-24(13-11-23)30-16-21-9-8-19(14-22(21)17-30)26(31)29-28-15-20-6-3-5-18-4-1-2-7-25(18)20/h1-15H,16-17H2,(H,29,31)/b28-15+. The second kappa shape index (κ2) is 8.25. The van der Waals surface area contributed by atoms with Crippen molar-refractivity contribution in [3.05, 3.63) is 112 Å². The van der Waals surface area contributed by atoms with E-state index in [4.69, 9.17) is 11.6 Å². The molecule has 31 heavy (non-hydrogen) atoms. The highest BCUT2D eigenvalue weighted by molar-refractivity contribution is 6.30. The number of carbonyl (C=O) groups excluding carboxylic acids is 1. The van der Waals surface area contributed by atoms with Crippen molar-refractivity contribution in [3.63, 3.8) is 0 Å². The minimum absolute atomic E-state index is 0.218. The number of anilines is 1. The number of carbonyl (C=O) groups is 1. The number of hydrogen-bond donors (Lipinski definition) is 1. The molecule has 0 saturated heterocycles. The van der Waals surface area contributed by atoms with Gasteiger partial charge in [-0.25, -0.2) is 5.43 Å². The maximum atomic E-state index is 12.6. The van der Waals surface area contributed by atoms with Crippen LogP contribution in [0, 0.1) is 0 Å². The fourth-order valence-corrected chi connectivity index (χ4v) is 4.08. The topological polar surface area (TPSA) is 44.7 Å². The number of hydrogen-bond acceptors (Lipinski definition) is 3. The van der Waals surface area contributed by atoms with E-state index in [-0.39, 0.29) is 5.91 Å². The summed E-state index contributed by atoms with van der Waals surface area (Å²) in [5.74, 6) is -0.218. The minimum Gasteiger partial charge on any atom is -0.363 e. The second-order valence-electron chi connectivity index (χ2n) is 7.58. The van der Waals surface area contributed by atoms with Gasteiger partial charge in [-0.15, -0.1) is 0 Å². The maximum absolute atomic E-state index is 12.6. The van der Waals surface area contributed by atoms with Gasteiger partial charge < -0.3 is 4.90 Å². The van der Waals surface area contributed by atoms with Gasteiger partial charge in [-0.3, -0.25) is 4.79 Å². The van der Waals surface area contributed by atoms with Crippen molar-refractivity contribution >= 4 is 40.2 Å². The second-order valence-corrected chi connectivity index (χ2v) is 8.02. The Kier molecular flexibility index (Phi) is 5.14. The van der Waals surface area contributed by atoms with E-state index in [9.17, 15) is 4.79 Å². The van der Waals surface area contributed by atoms with E-state index in [0.717, 1.165) is 45.7 Å². The van der Waals surface area contributed by atoms with Gasteiger partial charge in [0, 0.05) is 34.9 Å². The lowest BCUT2D eigenvalue weighted by Crippen LogP contribution is -2.18. The predicted octanol–water partition coefficient (Wildman–Crippen LogP) is 5.78. The Bertz CT molecular complexity index is 1290. The van der Waals surface area contributed by atoms with Crippen LogP contribution >= 0.6 is 11.6 Å². The molecule has 0 fully saturated rings. The zero-order chi connectivity index (χ0) is 21.2. The molecule has 152 valence electrons. The minimum atomic E-state index is -0.218. The molecule has 0 bridgehead atoms. The first-order chi connectivity index (χ1) is 15.2. The molecule has 5 rings (SSSR count). The van der Waals surface area contributed by atoms with Crippen LogP contribution in [0.5, 0.6) is 0 Å². The van der Waals surface area contributed by atoms with Gasteiger partial charge in [0.15, 0.2) is 0 Å². The van der Waals surface area contributed by atoms with Gasteiger partial charge in [0.25, 0.3) is 5.91 Å². The number of rotatable bonds is 4. The van der Waals surface area contributed by atoms with E-state index in [1.807, 2.05) is 72.8 Å². The number of nitrogens with zero attached hydrogens (tertiary/aromatic N) is 2. The number of amides is 1. The molecule has 4 aromatic carbocycles. The van der Waals surface area contributed by atoms with Crippen molar-refractivity contribution in [3.8, 4) is 0 Å². The number of nitrogens with one attached hydrogen (secondary N) is 1. The zero-order valence-corrected chi connectivity index (χ0v) is 17.5. The Morgan fingerprint density at radius 2 is 1.68 bits per heavy atom. The third-order valence-electron chi connectivity index (χ3n) is 5.58. The number of hydrazone groups is 1. The summed E-state index contributed by atoms with van der Waals surface area (Å²) >= 11 is 6.00. The molecule has 1 N–H and O–H groups in total. The van der Waals surface area contributed by atoms with Crippen LogP contribution in [0.2, 0.25) is 5.02 Å². The SMILES string of the molecule is O=C(N/N=C/c1cccc2ccccc12)c1ccc2c(c1)CN(c1ccc(Cl)cc1)C2. The highest BCUT2D eigenvalue weighted by atomic mass is 35.5. The summed E-state index contributed by atoms with van der Waals surface area (Å²) in [6, 6.07) is 27.8. The monoisotopic (exact) mass is 425 g/mol. The third kappa shape index (κ3) is 4.03. The molecule has 1 aliphatic heterocycles. The smallest absolute Gasteiger partial charge is 0.271 e. The van der Waals surface area contributed by atoms with E-state index in [1.165, 1.54) is 5.56 Å². The summed E-state index contributed by atoms with van der Waals surface area (Å²) < 4.78 is 0. The molecule has 4 nitrogen and oxygen atoms in total. The molecule has 4 aromatic rings. The van der Waals surface area contributed by atoms with Gasteiger partial charge in [-0.05, 0) is 58.3 Å². The highest BCUT2D eigenvalue weighted by Gasteiger charge is 2.20. The van der Waals surface area contributed by atoms with Gasteiger partial charge >= 0.3 is 0 Å². The van der Waals surface area contributed by atoms with Crippen molar-refractivity contribution in [2.45, 2.75) is 13.1 Å². The number of fused-ring (bicyclic) bond motifs is 2. The fraction of sp³-hybridized carbons (Fsp3) is 0.0769. The van der Waals surface area contributed by atoms with Crippen LogP contribution < -0.4 is 10.3 Å². The molecular weight excluding hydrogens is 406 g/mol. The average molecular weight is 426 g/mol. The number of benzene rings is 4. The summed E-state index contributed by atoms with van der Waals surface area (Å²) in [6.07, 6.45) is 1.69. The van der Waals surface area contributed by atoms with Crippen molar-refractivity contribution in [1.82, 2.24) is 5.43 Å². The summed E-state index contributed by atoms with van der Waals surface area (Å²) in [4.78, 5) is 14.9. The maximum Gasteiger partial charge on any atom is 0.271 e. The molecular formula is C26H20ClN3O. The van der Waals surface area contributed by atoms with E-state index in [2.05, 4.69) is 27.6 Å². The molecule has 0 unspecified atom stereocenters. The molecule has 1 aliphatic rings. The van der Waals surface area contributed by atoms with E-state index >= 15 is 0 Å². The summed E-state index contributed by atoms with van der Waals surface area (Å²) in [5, 5.41) is 7.15. The Balaban J connectivity index is 1.29. The van der Waals surface area contributed by atoms with Gasteiger partial charge in [0.1, 0.15) is 0 Å². The Labute approximate surface area is 185 Å². The highest BCUT2D eigenvalue weighted by Crippen LogP contribution is 2.29. The zero-order valence-electron chi connectivity index (χ0n) is 16.8. The van der Waals surface area contributed by atoms with Gasteiger partial charge in [-0.2, -0.15) is 5.10 Å². The lowest BCUT2D eigenvalue weighted by atomic mass is 10.1. The summed E-state index contributed by atoms with van der Waals surface area (Å²) in [7, 11) is 0. The van der Waals surface area contributed by atoms with E-state index < -0.39 is 0 Å². The van der Waals surface area contributed by atoms with Gasteiger partial charge in [0.2, 0.25) is 0 Å². The van der Waals surface area contributed by atoms with Crippen molar-refractivity contribution in [1.29, 1.82) is 0 Å². The van der Waals surface area contributed by atoms with E-state index in [0.29, 0.717) is 5.56 Å². The van der Waals surface area contributed by atoms with Gasteiger partial charge in [-0.1, -0.05) is 60.1 Å². The number of halogens is 1. The van der Waals surface area contributed by atoms with Crippen LogP contribution in [0.15, 0.2) is 90.0 Å². The van der Waals surface area contributed by atoms with Crippen LogP contribution in [0.4, 0.5) is 5.69 Å². The van der Waals surface area contributed by atoms with Crippen molar-refractivity contribution < 1.29 is 4.79 Å². The molecule has 1 heterocycles. The predicted molar refractivity (Wildman–Crippen MR) is 127 cm³/mol. The summed E-state index contributed by atoms with van der Waals surface area (Å²) in [5.41, 5.74) is 7.72. The lowest BCUT2D eigenvalue weighted by Gasteiger charge is -2.17. The Morgan fingerprint density at radius 1 is 0.903 bits per heavy atom. The molecule has 0 radical (unpaired) electrons. The molecule has 0 spiro atoms. The first kappa shape index (κ1) is 19.3. The van der Waals surface area contributed by atoms with E-state index in [1.54, 1.807) is 6.21 Å². The average Bonchev–Trinajstić information content (AvgIpc) is 3.23. The van der Waals surface area contributed by atoms with Crippen LogP contribution in [0.3, 0.4) is 0 Å². The molecule has 0 atom stereocenters. The normalized spacial score (nSPS) is 13.0. The molecule has 0 aliphatic carbocycles.